The lowest BCUT2D eigenvalue weighted by Gasteiger charge is -2.37. The predicted octanol–water partition coefficient (Wildman–Crippen LogP) is 1.98. The molecule has 2 aliphatic rings. The van der Waals surface area contributed by atoms with Gasteiger partial charge in [0, 0.05) is 50.1 Å². The van der Waals surface area contributed by atoms with Crippen molar-refractivity contribution < 1.29 is 9.18 Å². The molecule has 3 aromatic rings. The molecule has 3 unspecified atom stereocenters. The molecule has 0 bridgehead atoms. The Labute approximate surface area is 167 Å². The van der Waals surface area contributed by atoms with Crippen molar-refractivity contribution in [2.75, 3.05) is 19.6 Å². The lowest BCUT2D eigenvalue weighted by molar-refractivity contribution is 0.0638. The largest absolute Gasteiger partial charge is 0.337 e. The fourth-order valence-electron chi connectivity index (χ4n) is 4.58. The van der Waals surface area contributed by atoms with Gasteiger partial charge in [0.15, 0.2) is 11.3 Å². The highest BCUT2D eigenvalue weighted by molar-refractivity contribution is 5.93. The van der Waals surface area contributed by atoms with Crippen LogP contribution in [-0.2, 0) is 0 Å². The molecule has 2 N–H and O–H groups in total. The van der Waals surface area contributed by atoms with Crippen LogP contribution in [0.15, 0.2) is 48.8 Å². The Bertz CT molecular complexity index is 986. The van der Waals surface area contributed by atoms with Gasteiger partial charge in [-0.25, -0.2) is 13.9 Å². The van der Waals surface area contributed by atoms with E-state index in [1.807, 2.05) is 17.0 Å². The molecule has 8 heteroatoms. The fourth-order valence-corrected chi connectivity index (χ4v) is 4.58. The predicted molar refractivity (Wildman–Crippen MR) is 106 cm³/mol. The van der Waals surface area contributed by atoms with Crippen LogP contribution in [-0.4, -0.2) is 51.1 Å². The number of likely N-dealkylation sites (tertiary alicyclic amines) is 1. The second-order valence-electron chi connectivity index (χ2n) is 7.81. The standard InChI is InChI=1S/C21H23FN6O/c22-16-6-4-14(5-7-16)17-12-24-25-20(17)15-3-1-9-27(13-15)21(29)18-11-19-23-8-2-10-28(19)26-18/h2,4-8,10-11,15,17,20,24-25H,1,3,9,12-13H2. The summed E-state index contributed by atoms with van der Waals surface area (Å²) in [4.78, 5) is 19.2. The fraction of sp³-hybridized carbons (Fsp3) is 0.381. The zero-order valence-corrected chi connectivity index (χ0v) is 16.0. The Hall–Kier alpha value is -2.84. The van der Waals surface area contributed by atoms with Crippen LogP contribution >= 0.6 is 0 Å². The van der Waals surface area contributed by atoms with Gasteiger partial charge < -0.3 is 4.90 Å². The Morgan fingerprint density at radius 3 is 2.93 bits per heavy atom. The van der Waals surface area contributed by atoms with Gasteiger partial charge in [-0.1, -0.05) is 12.1 Å². The van der Waals surface area contributed by atoms with E-state index in [0.29, 0.717) is 23.8 Å². The van der Waals surface area contributed by atoms with E-state index in [1.54, 1.807) is 29.0 Å². The van der Waals surface area contributed by atoms with Crippen LogP contribution in [0.1, 0.15) is 34.8 Å². The van der Waals surface area contributed by atoms with E-state index in [4.69, 9.17) is 0 Å². The molecule has 150 valence electrons. The first-order chi connectivity index (χ1) is 14.2. The summed E-state index contributed by atoms with van der Waals surface area (Å²) in [6, 6.07) is 10.5. The van der Waals surface area contributed by atoms with Gasteiger partial charge in [-0.3, -0.25) is 15.6 Å². The minimum absolute atomic E-state index is 0.0514. The van der Waals surface area contributed by atoms with Crippen LogP contribution in [0, 0.1) is 11.7 Å². The molecule has 29 heavy (non-hydrogen) atoms. The number of amides is 1. The molecule has 0 radical (unpaired) electrons. The number of halogens is 1. The van der Waals surface area contributed by atoms with E-state index in [9.17, 15) is 9.18 Å². The molecule has 0 aliphatic carbocycles. The topological polar surface area (TPSA) is 74.6 Å². The first-order valence-electron chi connectivity index (χ1n) is 10.0. The monoisotopic (exact) mass is 394 g/mol. The molecule has 7 nitrogen and oxygen atoms in total. The molecule has 2 aromatic heterocycles. The lowest BCUT2D eigenvalue weighted by Crippen LogP contribution is -2.48. The number of hydrogen-bond acceptors (Lipinski definition) is 5. The number of aromatic nitrogens is 3. The van der Waals surface area contributed by atoms with Gasteiger partial charge in [0.25, 0.3) is 5.91 Å². The van der Waals surface area contributed by atoms with Crippen LogP contribution in [0.5, 0.6) is 0 Å². The first-order valence-corrected chi connectivity index (χ1v) is 10.0. The van der Waals surface area contributed by atoms with E-state index >= 15 is 0 Å². The zero-order chi connectivity index (χ0) is 19.8. The van der Waals surface area contributed by atoms with Crippen molar-refractivity contribution in [3.05, 3.63) is 65.9 Å². The van der Waals surface area contributed by atoms with Crippen LogP contribution in [0.4, 0.5) is 4.39 Å². The number of hydrazine groups is 1. The van der Waals surface area contributed by atoms with Crippen molar-refractivity contribution >= 4 is 11.6 Å². The summed E-state index contributed by atoms with van der Waals surface area (Å²) in [5, 5.41) is 4.38. The Morgan fingerprint density at radius 1 is 1.24 bits per heavy atom. The van der Waals surface area contributed by atoms with Crippen LogP contribution in [0.3, 0.4) is 0 Å². The number of carbonyl (C=O) groups excluding carboxylic acids is 1. The zero-order valence-electron chi connectivity index (χ0n) is 16.0. The van der Waals surface area contributed by atoms with Gasteiger partial charge in [0.2, 0.25) is 0 Å². The SMILES string of the molecule is O=C(c1cc2ncccn2n1)N1CCCC(C2NNCC2c2ccc(F)cc2)C1. The van der Waals surface area contributed by atoms with Crippen molar-refractivity contribution in [2.24, 2.45) is 5.92 Å². The minimum atomic E-state index is -0.222. The summed E-state index contributed by atoms with van der Waals surface area (Å²) in [5.41, 5.74) is 8.87. The second kappa shape index (κ2) is 7.53. The quantitative estimate of drug-likeness (QED) is 0.711. The number of piperidine rings is 1. The molecule has 5 rings (SSSR count). The van der Waals surface area contributed by atoms with Gasteiger partial charge >= 0.3 is 0 Å². The molecule has 1 aromatic carbocycles. The van der Waals surface area contributed by atoms with Gasteiger partial charge in [-0.2, -0.15) is 5.10 Å². The summed E-state index contributed by atoms with van der Waals surface area (Å²) in [6.45, 7) is 2.20. The average Bonchev–Trinajstić information content (AvgIpc) is 3.41. The summed E-state index contributed by atoms with van der Waals surface area (Å²) < 4.78 is 14.9. The number of hydrogen-bond donors (Lipinski definition) is 2. The number of nitrogens with zero attached hydrogens (tertiary/aromatic N) is 4. The Balaban J connectivity index is 1.33. The van der Waals surface area contributed by atoms with E-state index in [0.717, 1.165) is 31.5 Å². The highest BCUT2D eigenvalue weighted by atomic mass is 19.1. The summed E-state index contributed by atoms with van der Waals surface area (Å²) in [6.07, 6.45) is 5.49. The molecule has 3 atom stereocenters. The Kier molecular flexibility index (Phi) is 4.73. The maximum absolute atomic E-state index is 13.3. The molecule has 1 amide bonds. The number of fused-ring (bicyclic) bond motifs is 1. The van der Waals surface area contributed by atoms with Crippen molar-refractivity contribution in [2.45, 2.75) is 24.8 Å². The van der Waals surface area contributed by atoms with Crippen molar-refractivity contribution in [1.82, 2.24) is 30.3 Å². The number of nitrogens with one attached hydrogen (secondary N) is 2. The normalized spacial score (nSPS) is 24.9. The second-order valence-corrected chi connectivity index (χ2v) is 7.81. The number of benzene rings is 1. The third-order valence-electron chi connectivity index (χ3n) is 6.03. The highest BCUT2D eigenvalue weighted by Crippen LogP contribution is 2.32. The maximum atomic E-state index is 13.3. The van der Waals surface area contributed by atoms with E-state index < -0.39 is 0 Å². The van der Waals surface area contributed by atoms with E-state index in [-0.39, 0.29) is 23.7 Å². The molecule has 0 saturated carbocycles. The average molecular weight is 394 g/mol. The smallest absolute Gasteiger partial charge is 0.274 e. The van der Waals surface area contributed by atoms with Gasteiger partial charge in [-0.15, -0.1) is 0 Å². The van der Waals surface area contributed by atoms with Gasteiger partial charge in [-0.05, 0) is 42.5 Å². The molecule has 4 heterocycles. The molecule has 2 fully saturated rings. The van der Waals surface area contributed by atoms with Crippen LogP contribution < -0.4 is 10.9 Å². The molecule has 0 spiro atoms. The molecule has 2 aliphatic heterocycles. The lowest BCUT2D eigenvalue weighted by atomic mass is 9.81. The molecule has 2 saturated heterocycles. The molecular formula is C21H23FN6O. The van der Waals surface area contributed by atoms with Crippen molar-refractivity contribution in [1.29, 1.82) is 0 Å². The highest BCUT2D eigenvalue weighted by Gasteiger charge is 2.38. The van der Waals surface area contributed by atoms with Crippen LogP contribution in [0.25, 0.3) is 5.65 Å². The first kappa shape index (κ1) is 18.2. The third-order valence-corrected chi connectivity index (χ3v) is 6.03. The molecular weight excluding hydrogens is 371 g/mol. The number of carbonyl (C=O) groups is 1. The van der Waals surface area contributed by atoms with Crippen molar-refractivity contribution in [3.8, 4) is 0 Å². The summed E-state index contributed by atoms with van der Waals surface area (Å²) >= 11 is 0. The number of rotatable bonds is 3. The van der Waals surface area contributed by atoms with Crippen molar-refractivity contribution in [3.63, 3.8) is 0 Å². The van der Waals surface area contributed by atoms with Gasteiger partial charge in [0.05, 0.1) is 0 Å². The summed E-state index contributed by atoms with van der Waals surface area (Å²) in [5.74, 6) is 0.285. The van der Waals surface area contributed by atoms with E-state index in [1.165, 1.54) is 12.1 Å². The Morgan fingerprint density at radius 2 is 2.10 bits per heavy atom. The third kappa shape index (κ3) is 3.49. The van der Waals surface area contributed by atoms with E-state index in [2.05, 4.69) is 20.9 Å². The summed E-state index contributed by atoms with van der Waals surface area (Å²) in [7, 11) is 0. The maximum Gasteiger partial charge on any atom is 0.274 e. The minimum Gasteiger partial charge on any atom is -0.337 e. The van der Waals surface area contributed by atoms with Crippen LogP contribution in [0.2, 0.25) is 0 Å². The van der Waals surface area contributed by atoms with Gasteiger partial charge in [0.1, 0.15) is 5.82 Å².